The summed E-state index contributed by atoms with van der Waals surface area (Å²) in [6.07, 6.45) is 7.54. The van der Waals surface area contributed by atoms with E-state index in [1.807, 2.05) is 6.20 Å². The van der Waals surface area contributed by atoms with Gasteiger partial charge < -0.3 is 4.90 Å². The number of thioether (sulfide) groups is 1. The number of pyridine rings is 1. The van der Waals surface area contributed by atoms with Gasteiger partial charge in [0.05, 0.1) is 11.0 Å². The van der Waals surface area contributed by atoms with Crippen LogP contribution in [0.3, 0.4) is 0 Å². The summed E-state index contributed by atoms with van der Waals surface area (Å²) in [6, 6.07) is 11.1. The summed E-state index contributed by atoms with van der Waals surface area (Å²) < 4.78 is 0. The number of anilines is 1. The van der Waals surface area contributed by atoms with E-state index in [0.717, 1.165) is 43.0 Å². The van der Waals surface area contributed by atoms with Crippen LogP contribution in [0, 0.1) is 0 Å². The largest absolute Gasteiger partial charge is 0.354 e. The lowest BCUT2D eigenvalue weighted by Gasteiger charge is -2.38. The Morgan fingerprint density at radius 3 is 2.38 bits per heavy atom. The quantitative estimate of drug-likeness (QED) is 0.658. The van der Waals surface area contributed by atoms with E-state index in [-0.39, 0.29) is 0 Å². The van der Waals surface area contributed by atoms with Crippen molar-refractivity contribution in [2.75, 3.05) is 37.3 Å². The fraction of sp³-hybridized carbons (Fsp3) is 0.350. The van der Waals surface area contributed by atoms with E-state index in [1.165, 1.54) is 10.5 Å². The summed E-state index contributed by atoms with van der Waals surface area (Å²) in [7, 11) is 0. The maximum atomic E-state index is 4.61. The first kappa shape index (κ1) is 17.2. The third-order valence-electron chi connectivity index (χ3n) is 5.12. The monoisotopic (exact) mass is 365 g/mol. The second kappa shape index (κ2) is 7.60. The van der Waals surface area contributed by atoms with Crippen molar-refractivity contribution in [3.05, 3.63) is 54.5 Å². The molecule has 3 heterocycles. The normalized spacial score (nSPS) is 16.8. The number of hydrogen-bond donors (Lipinski definition) is 0. The Bertz CT molecular complexity index is 875. The second-order valence-corrected chi connectivity index (χ2v) is 7.44. The van der Waals surface area contributed by atoms with Crippen LogP contribution in [-0.2, 0) is 0 Å². The highest BCUT2D eigenvalue weighted by Crippen LogP contribution is 2.25. The van der Waals surface area contributed by atoms with Crippen LogP contribution in [0.15, 0.2) is 53.8 Å². The molecule has 1 aliphatic heterocycles. The summed E-state index contributed by atoms with van der Waals surface area (Å²) in [5.41, 5.74) is 3.22. The molecule has 6 heteroatoms. The third kappa shape index (κ3) is 3.52. The van der Waals surface area contributed by atoms with Crippen molar-refractivity contribution < 1.29 is 0 Å². The van der Waals surface area contributed by atoms with Crippen molar-refractivity contribution in [3.63, 3.8) is 0 Å². The van der Waals surface area contributed by atoms with Gasteiger partial charge in [-0.1, -0.05) is 6.07 Å². The smallest absolute Gasteiger partial charge is 0.128 e. The van der Waals surface area contributed by atoms with E-state index in [2.05, 4.69) is 68.3 Å². The molecule has 0 bridgehead atoms. The van der Waals surface area contributed by atoms with Gasteiger partial charge in [-0.2, -0.15) is 0 Å². The van der Waals surface area contributed by atoms with Crippen LogP contribution in [-0.4, -0.2) is 52.3 Å². The summed E-state index contributed by atoms with van der Waals surface area (Å²) in [5.74, 6) is 1.08. The zero-order chi connectivity index (χ0) is 17.9. The Kier molecular flexibility index (Phi) is 5.04. The van der Waals surface area contributed by atoms with Gasteiger partial charge in [0.1, 0.15) is 5.82 Å². The molecule has 2 aromatic heterocycles. The highest BCUT2D eigenvalue weighted by molar-refractivity contribution is 7.98. The van der Waals surface area contributed by atoms with Crippen molar-refractivity contribution in [1.29, 1.82) is 0 Å². The van der Waals surface area contributed by atoms with Gasteiger partial charge in [0, 0.05) is 55.7 Å². The van der Waals surface area contributed by atoms with E-state index < -0.39 is 0 Å². The van der Waals surface area contributed by atoms with E-state index in [1.54, 1.807) is 24.2 Å². The predicted molar refractivity (Wildman–Crippen MR) is 108 cm³/mol. The number of rotatable bonds is 4. The average Bonchev–Trinajstić information content (AvgIpc) is 2.73. The van der Waals surface area contributed by atoms with Crippen LogP contribution in [0.25, 0.3) is 11.0 Å². The van der Waals surface area contributed by atoms with Crippen molar-refractivity contribution >= 4 is 28.6 Å². The number of hydrogen-bond acceptors (Lipinski definition) is 6. The molecule has 1 aliphatic rings. The van der Waals surface area contributed by atoms with Crippen molar-refractivity contribution in [3.8, 4) is 0 Å². The first-order chi connectivity index (χ1) is 12.7. The minimum absolute atomic E-state index is 0.371. The molecule has 0 saturated carbocycles. The standard InChI is InChI=1S/C20H23N5S/c1-15(16-3-5-18-19(13-16)22-8-7-21-18)24-9-11-25(12-10-24)20-6-4-17(26-2)14-23-20/h3-8,13-15H,9-12H2,1-2H3. The lowest BCUT2D eigenvalue weighted by molar-refractivity contribution is 0.198. The molecule has 0 spiro atoms. The van der Waals surface area contributed by atoms with Crippen LogP contribution in [0.5, 0.6) is 0 Å². The molecule has 1 aromatic carbocycles. The number of piperazine rings is 1. The number of benzene rings is 1. The van der Waals surface area contributed by atoms with E-state index in [9.17, 15) is 0 Å². The fourth-order valence-corrected chi connectivity index (χ4v) is 3.83. The van der Waals surface area contributed by atoms with Crippen LogP contribution >= 0.6 is 11.8 Å². The summed E-state index contributed by atoms with van der Waals surface area (Å²) in [5, 5.41) is 0. The zero-order valence-electron chi connectivity index (χ0n) is 15.2. The molecule has 3 aromatic rings. The summed E-state index contributed by atoms with van der Waals surface area (Å²) >= 11 is 1.73. The van der Waals surface area contributed by atoms with Gasteiger partial charge in [-0.05, 0) is 43.0 Å². The van der Waals surface area contributed by atoms with E-state index in [0.29, 0.717) is 6.04 Å². The molecule has 0 amide bonds. The molecule has 1 saturated heterocycles. The first-order valence-electron chi connectivity index (χ1n) is 8.94. The minimum atomic E-state index is 0.371. The van der Waals surface area contributed by atoms with Gasteiger partial charge in [-0.15, -0.1) is 11.8 Å². The molecular formula is C20H23N5S. The molecule has 1 unspecified atom stereocenters. The summed E-state index contributed by atoms with van der Waals surface area (Å²) in [6.45, 7) is 6.35. The minimum Gasteiger partial charge on any atom is -0.354 e. The van der Waals surface area contributed by atoms with Gasteiger partial charge in [-0.25, -0.2) is 4.98 Å². The lowest BCUT2D eigenvalue weighted by atomic mass is 10.0. The molecule has 1 fully saturated rings. The first-order valence-corrected chi connectivity index (χ1v) is 10.2. The maximum absolute atomic E-state index is 4.61. The van der Waals surface area contributed by atoms with Gasteiger partial charge in [-0.3, -0.25) is 14.9 Å². The van der Waals surface area contributed by atoms with Gasteiger partial charge in [0.2, 0.25) is 0 Å². The Morgan fingerprint density at radius 2 is 1.69 bits per heavy atom. The Morgan fingerprint density at radius 1 is 0.923 bits per heavy atom. The lowest BCUT2D eigenvalue weighted by Crippen LogP contribution is -2.47. The highest BCUT2D eigenvalue weighted by atomic mass is 32.2. The third-order valence-corrected chi connectivity index (χ3v) is 5.83. The maximum Gasteiger partial charge on any atom is 0.128 e. The fourth-order valence-electron chi connectivity index (χ4n) is 3.47. The average molecular weight is 366 g/mol. The van der Waals surface area contributed by atoms with Gasteiger partial charge in [0.15, 0.2) is 0 Å². The molecule has 4 rings (SSSR count). The molecule has 0 aliphatic carbocycles. The molecule has 0 N–H and O–H groups in total. The molecule has 0 radical (unpaired) electrons. The van der Waals surface area contributed by atoms with Gasteiger partial charge >= 0.3 is 0 Å². The van der Waals surface area contributed by atoms with E-state index in [4.69, 9.17) is 0 Å². The Hall–Kier alpha value is -2.18. The van der Waals surface area contributed by atoms with Crippen molar-refractivity contribution in [2.24, 2.45) is 0 Å². The number of fused-ring (bicyclic) bond motifs is 1. The summed E-state index contributed by atoms with van der Waals surface area (Å²) in [4.78, 5) is 19.5. The van der Waals surface area contributed by atoms with Crippen LogP contribution < -0.4 is 4.90 Å². The van der Waals surface area contributed by atoms with Crippen molar-refractivity contribution in [1.82, 2.24) is 19.9 Å². The van der Waals surface area contributed by atoms with Gasteiger partial charge in [0.25, 0.3) is 0 Å². The van der Waals surface area contributed by atoms with Crippen LogP contribution in [0.2, 0.25) is 0 Å². The van der Waals surface area contributed by atoms with E-state index >= 15 is 0 Å². The van der Waals surface area contributed by atoms with Crippen LogP contribution in [0.1, 0.15) is 18.5 Å². The molecule has 5 nitrogen and oxygen atoms in total. The molecule has 134 valence electrons. The predicted octanol–water partition coefficient (Wildman–Crippen LogP) is 3.63. The van der Waals surface area contributed by atoms with Crippen LogP contribution in [0.4, 0.5) is 5.82 Å². The highest BCUT2D eigenvalue weighted by Gasteiger charge is 2.23. The number of aromatic nitrogens is 3. The SMILES string of the molecule is CSc1ccc(N2CCN(C(C)c3ccc4nccnc4c3)CC2)nc1. The molecular weight excluding hydrogens is 342 g/mol. The Labute approximate surface area is 158 Å². The van der Waals surface area contributed by atoms with Crippen molar-refractivity contribution in [2.45, 2.75) is 17.9 Å². The second-order valence-electron chi connectivity index (χ2n) is 6.56. The topological polar surface area (TPSA) is 45.2 Å². The Balaban J connectivity index is 1.42. The zero-order valence-corrected chi connectivity index (χ0v) is 16.0. The number of nitrogens with zero attached hydrogens (tertiary/aromatic N) is 5. The molecule has 26 heavy (non-hydrogen) atoms. The molecule has 1 atom stereocenters.